The van der Waals surface area contributed by atoms with Crippen LogP contribution in [0.2, 0.25) is 5.02 Å². The van der Waals surface area contributed by atoms with E-state index in [-0.39, 0.29) is 21.7 Å². The van der Waals surface area contributed by atoms with E-state index in [1.54, 1.807) is 0 Å². The van der Waals surface area contributed by atoms with E-state index in [4.69, 9.17) is 11.6 Å². The topological polar surface area (TPSA) is 74.6 Å². The molecule has 2 unspecified atom stereocenters. The van der Waals surface area contributed by atoms with E-state index < -0.39 is 12.2 Å². The standard InChI is InChI=1S/C13H15ClO4S/c1-7(15)9-3-4-10(11(14)5-9)13(18)12(17)6-19-8(2)16/h3-5,12-13,17-18H,6H2,1-2H3. The third kappa shape index (κ3) is 4.62. The van der Waals surface area contributed by atoms with Gasteiger partial charge in [0.1, 0.15) is 6.10 Å². The number of hydrogen-bond acceptors (Lipinski definition) is 5. The highest BCUT2D eigenvalue weighted by Gasteiger charge is 2.21. The highest BCUT2D eigenvalue weighted by molar-refractivity contribution is 8.13. The van der Waals surface area contributed by atoms with Gasteiger partial charge in [-0.15, -0.1) is 0 Å². The number of rotatable bonds is 5. The van der Waals surface area contributed by atoms with Crippen molar-refractivity contribution in [2.45, 2.75) is 26.1 Å². The first-order valence-electron chi connectivity index (χ1n) is 5.62. The van der Waals surface area contributed by atoms with E-state index in [0.717, 1.165) is 11.8 Å². The molecule has 4 nitrogen and oxygen atoms in total. The normalized spacial score (nSPS) is 13.9. The van der Waals surface area contributed by atoms with E-state index in [1.807, 2.05) is 0 Å². The van der Waals surface area contributed by atoms with Crippen molar-refractivity contribution in [3.63, 3.8) is 0 Å². The van der Waals surface area contributed by atoms with Gasteiger partial charge in [-0.3, -0.25) is 9.59 Å². The van der Waals surface area contributed by atoms with E-state index in [1.165, 1.54) is 32.0 Å². The summed E-state index contributed by atoms with van der Waals surface area (Å²) in [4.78, 5) is 22.0. The van der Waals surface area contributed by atoms with Gasteiger partial charge in [0.05, 0.1) is 6.10 Å². The van der Waals surface area contributed by atoms with Crippen molar-refractivity contribution < 1.29 is 19.8 Å². The van der Waals surface area contributed by atoms with E-state index in [9.17, 15) is 19.8 Å². The number of thioether (sulfide) groups is 1. The van der Waals surface area contributed by atoms with Crippen LogP contribution in [0.1, 0.15) is 35.9 Å². The second kappa shape index (κ2) is 7.05. The molecule has 0 fully saturated rings. The predicted octanol–water partition coefficient (Wildman–Crippen LogP) is 2.22. The molecule has 0 saturated carbocycles. The van der Waals surface area contributed by atoms with Crippen molar-refractivity contribution in [1.82, 2.24) is 0 Å². The molecule has 0 spiro atoms. The molecule has 0 heterocycles. The molecule has 1 rings (SSSR count). The van der Waals surface area contributed by atoms with Gasteiger partial charge in [0.2, 0.25) is 0 Å². The van der Waals surface area contributed by atoms with Crippen molar-refractivity contribution in [2.75, 3.05) is 5.75 Å². The molecular formula is C13H15ClO4S. The minimum Gasteiger partial charge on any atom is -0.389 e. The first-order chi connectivity index (χ1) is 8.82. The summed E-state index contributed by atoms with van der Waals surface area (Å²) in [6.45, 7) is 2.80. The van der Waals surface area contributed by atoms with Gasteiger partial charge in [0.25, 0.3) is 0 Å². The highest BCUT2D eigenvalue weighted by Crippen LogP contribution is 2.28. The molecular weight excluding hydrogens is 288 g/mol. The fraction of sp³-hybridized carbons (Fsp3) is 0.385. The molecule has 6 heteroatoms. The fourth-order valence-electron chi connectivity index (χ4n) is 1.49. The number of carbonyl (C=O) groups is 2. The van der Waals surface area contributed by atoms with Crippen molar-refractivity contribution in [3.8, 4) is 0 Å². The Morgan fingerprint density at radius 1 is 1.32 bits per heavy atom. The van der Waals surface area contributed by atoms with E-state index >= 15 is 0 Å². The van der Waals surface area contributed by atoms with Gasteiger partial charge in [-0.1, -0.05) is 35.5 Å². The van der Waals surface area contributed by atoms with Gasteiger partial charge in [-0.25, -0.2) is 0 Å². The second-order valence-corrected chi connectivity index (χ2v) is 5.71. The second-order valence-electron chi connectivity index (χ2n) is 4.11. The number of aliphatic hydroxyl groups excluding tert-OH is 2. The fourth-order valence-corrected chi connectivity index (χ4v) is 2.37. The summed E-state index contributed by atoms with van der Waals surface area (Å²) in [6, 6.07) is 4.50. The van der Waals surface area contributed by atoms with Crippen LogP contribution in [0.5, 0.6) is 0 Å². The Balaban J connectivity index is 2.84. The summed E-state index contributed by atoms with van der Waals surface area (Å²) in [5.74, 6) is -0.0444. The summed E-state index contributed by atoms with van der Waals surface area (Å²) in [7, 11) is 0. The smallest absolute Gasteiger partial charge is 0.185 e. The van der Waals surface area contributed by atoms with Crippen molar-refractivity contribution in [1.29, 1.82) is 0 Å². The molecule has 2 N–H and O–H groups in total. The summed E-state index contributed by atoms with van der Waals surface area (Å²) >= 11 is 6.91. The van der Waals surface area contributed by atoms with Crippen LogP contribution in [-0.4, -0.2) is 33.0 Å². The van der Waals surface area contributed by atoms with Gasteiger partial charge in [-0.05, 0) is 13.0 Å². The van der Waals surface area contributed by atoms with Gasteiger partial charge >= 0.3 is 0 Å². The maximum atomic E-state index is 11.2. The lowest BCUT2D eigenvalue weighted by atomic mass is 10.0. The summed E-state index contributed by atoms with van der Waals surface area (Å²) in [5, 5.41) is 19.8. The minimum atomic E-state index is -1.19. The van der Waals surface area contributed by atoms with Gasteiger partial charge in [0, 0.05) is 28.8 Å². The molecule has 0 amide bonds. The average molecular weight is 303 g/mol. The van der Waals surface area contributed by atoms with Crippen LogP contribution in [-0.2, 0) is 4.79 Å². The van der Waals surface area contributed by atoms with Crippen LogP contribution in [0.25, 0.3) is 0 Å². The lowest BCUT2D eigenvalue weighted by Crippen LogP contribution is -2.21. The molecule has 19 heavy (non-hydrogen) atoms. The first kappa shape index (κ1) is 16.2. The molecule has 104 valence electrons. The number of aliphatic hydroxyl groups is 2. The first-order valence-corrected chi connectivity index (χ1v) is 6.99. The number of Topliss-reactive ketones (excluding diaryl/α,β-unsaturated/α-hetero) is 1. The van der Waals surface area contributed by atoms with Crippen molar-refractivity contribution in [3.05, 3.63) is 34.3 Å². The van der Waals surface area contributed by atoms with E-state index in [2.05, 4.69) is 0 Å². The van der Waals surface area contributed by atoms with Crippen molar-refractivity contribution in [2.24, 2.45) is 0 Å². The summed E-state index contributed by atoms with van der Waals surface area (Å²) in [6.07, 6.45) is -2.30. The molecule has 0 saturated heterocycles. The maximum Gasteiger partial charge on any atom is 0.185 e. The summed E-state index contributed by atoms with van der Waals surface area (Å²) in [5.41, 5.74) is 0.775. The number of ketones is 1. The molecule has 1 aromatic rings. The van der Waals surface area contributed by atoms with Crippen LogP contribution in [0.3, 0.4) is 0 Å². The van der Waals surface area contributed by atoms with E-state index in [0.29, 0.717) is 11.1 Å². The Morgan fingerprint density at radius 2 is 1.95 bits per heavy atom. The van der Waals surface area contributed by atoms with Gasteiger partial charge < -0.3 is 10.2 Å². The lowest BCUT2D eigenvalue weighted by molar-refractivity contribution is -0.109. The zero-order valence-electron chi connectivity index (χ0n) is 10.6. The Hall–Kier alpha value is -0.880. The zero-order valence-corrected chi connectivity index (χ0v) is 12.2. The Kier molecular flexibility index (Phi) is 6.00. The van der Waals surface area contributed by atoms with Crippen LogP contribution < -0.4 is 0 Å². The molecule has 1 aromatic carbocycles. The Labute approximate surface area is 120 Å². The average Bonchev–Trinajstić information content (AvgIpc) is 2.34. The zero-order chi connectivity index (χ0) is 14.6. The SMILES string of the molecule is CC(=O)SCC(O)C(O)c1ccc(C(C)=O)cc1Cl. The monoisotopic (exact) mass is 302 g/mol. The molecule has 2 atom stereocenters. The third-order valence-corrected chi connectivity index (χ3v) is 3.79. The minimum absolute atomic E-state index is 0.0846. The molecule has 0 aliphatic heterocycles. The maximum absolute atomic E-state index is 11.2. The summed E-state index contributed by atoms with van der Waals surface area (Å²) < 4.78 is 0. The Morgan fingerprint density at radius 3 is 2.42 bits per heavy atom. The quantitative estimate of drug-likeness (QED) is 0.816. The molecule has 0 aliphatic carbocycles. The largest absolute Gasteiger partial charge is 0.389 e. The number of benzene rings is 1. The molecule has 0 aliphatic rings. The number of carbonyl (C=O) groups excluding carboxylic acids is 2. The van der Waals surface area contributed by atoms with Crippen LogP contribution in [0.15, 0.2) is 18.2 Å². The third-order valence-electron chi connectivity index (χ3n) is 2.55. The Bertz CT molecular complexity index is 490. The van der Waals surface area contributed by atoms with Crippen LogP contribution in [0, 0.1) is 0 Å². The molecule has 0 radical (unpaired) electrons. The predicted molar refractivity (Wildman–Crippen MR) is 75.6 cm³/mol. The molecule has 0 bridgehead atoms. The van der Waals surface area contributed by atoms with Gasteiger partial charge in [-0.2, -0.15) is 0 Å². The van der Waals surface area contributed by atoms with Crippen LogP contribution >= 0.6 is 23.4 Å². The van der Waals surface area contributed by atoms with Crippen LogP contribution in [0.4, 0.5) is 0 Å². The molecule has 0 aromatic heterocycles. The highest BCUT2D eigenvalue weighted by atomic mass is 35.5. The lowest BCUT2D eigenvalue weighted by Gasteiger charge is -2.18. The van der Waals surface area contributed by atoms with Gasteiger partial charge in [0.15, 0.2) is 10.9 Å². The van der Waals surface area contributed by atoms with Crippen molar-refractivity contribution >= 4 is 34.3 Å². The number of halogens is 1. The number of hydrogen-bond donors (Lipinski definition) is 2.